The summed E-state index contributed by atoms with van der Waals surface area (Å²) in [6.45, 7) is 5.11. The molecule has 1 heterocycles. The largest absolute Gasteiger partial charge is 0.464 e. The number of esters is 1. The number of hydrogen-bond acceptors (Lipinski definition) is 4. The molecule has 1 amide bonds. The first-order chi connectivity index (χ1) is 11.6. The van der Waals surface area contributed by atoms with Gasteiger partial charge in [0.05, 0.1) is 6.61 Å². The zero-order chi connectivity index (χ0) is 17.4. The van der Waals surface area contributed by atoms with Crippen LogP contribution in [0.4, 0.5) is 4.79 Å². The summed E-state index contributed by atoms with van der Waals surface area (Å²) in [5.41, 5.74) is 0.930. The van der Waals surface area contributed by atoms with Crippen molar-refractivity contribution in [2.45, 2.75) is 52.2 Å². The van der Waals surface area contributed by atoms with Crippen molar-refractivity contribution in [1.82, 2.24) is 4.90 Å². The Morgan fingerprint density at radius 2 is 1.88 bits per heavy atom. The van der Waals surface area contributed by atoms with E-state index in [0.29, 0.717) is 19.6 Å². The van der Waals surface area contributed by atoms with Crippen LogP contribution in [0.3, 0.4) is 0 Å². The number of rotatable bonds is 5. The second-order valence-electron chi connectivity index (χ2n) is 6.62. The molecule has 1 aliphatic heterocycles. The van der Waals surface area contributed by atoms with Crippen LogP contribution < -0.4 is 0 Å². The van der Waals surface area contributed by atoms with Gasteiger partial charge in [-0.2, -0.15) is 0 Å². The summed E-state index contributed by atoms with van der Waals surface area (Å²) in [6, 6.07) is 9.01. The molecule has 0 aliphatic carbocycles. The van der Waals surface area contributed by atoms with Gasteiger partial charge in [-0.3, -0.25) is 4.90 Å². The topological polar surface area (TPSA) is 55.8 Å². The summed E-state index contributed by atoms with van der Waals surface area (Å²) in [5, 5.41) is 0. The minimum absolute atomic E-state index is 0.212. The Morgan fingerprint density at radius 3 is 2.58 bits per heavy atom. The van der Waals surface area contributed by atoms with E-state index in [1.807, 2.05) is 44.2 Å². The summed E-state index contributed by atoms with van der Waals surface area (Å²) < 4.78 is 10.8. The van der Waals surface area contributed by atoms with Crippen molar-refractivity contribution in [3.63, 3.8) is 0 Å². The normalized spacial score (nSPS) is 18.1. The minimum atomic E-state index is -0.533. The minimum Gasteiger partial charge on any atom is -0.464 e. The van der Waals surface area contributed by atoms with Crippen LogP contribution in [0.25, 0.3) is 0 Å². The van der Waals surface area contributed by atoms with Gasteiger partial charge in [-0.25, -0.2) is 9.59 Å². The third-order valence-electron chi connectivity index (χ3n) is 4.02. The van der Waals surface area contributed by atoms with Crippen molar-refractivity contribution < 1.29 is 19.1 Å². The van der Waals surface area contributed by atoms with Crippen LogP contribution in [0.15, 0.2) is 30.3 Å². The number of carbonyl (C=O) groups is 2. The lowest BCUT2D eigenvalue weighted by Crippen LogP contribution is -2.45. The molecular formula is C19H27NO4. The molecule has 0 unspecified atom stereocenters. The molecule has 5 nitrogen and oxygen atoms in total. The standard InChI is InChI=1S/C19H27NO4/c1-15(2)13-23-18(21)17-11-7-4-8-12-20(17)19(22)24-14-16-9-5-3-6-10-16/h3,5-6,9-10,15,17H,4,7-8,11-14H2,1-2H3/t17-/m0/s1. The van der Waals surface area contributed by atoms with E-state index in [0.717, 1.165) is 24.8 Å². The Hall–Kier alpha value is -2.04. The fourth-order valence-electron chi connectivity index (χ4n) is 2.72. The van der Waals surface area contributed by atoms with Crippen molar-refractivity contribution in [2.75, 3.05) is 13.2 Å². The van der Waals surface area contributed by atoms with Gasteiger partial charge in [0.2, 0.25) is 0 Å². The summed E-state index contributed by atoms with van der Waals surface area (Å²) in [5.74, 6) is -0.0412. The molecule has 2 rings (SSSR count). The molecule has 24 heavy (non-hydrogen) atoms. The third-order valence-corrected chi connectivity index (χ3v) is 4.02. The zero-order valence-electron chi connectivity index (χ0n) is 14.6. The monoisotopic (exact) mass is 333 g/mol. The highest BCUT2D eigenvalue weighted by Crippen LogP contribution is 2.20. The molecule has 1 aromatic rings. The van der Waals surface area contributed by atoms with Crippen molar-refractivity contribution in [1.29, 1.82) is 0 Å². The average molecular weight is 333 g/mol. The van der Waals surface area contributed by atoms with Crippen molar-refractivity contribution in [3.05, 3.63) is 35.9 Å². The first-order valence-electron chi connectivity index (χ1n) is 8.72. The van der Waals surface area contributed by atoms with E-state index in [1.54, 1.807) is 4.90 Å². The van der Waals surface area contributed by atoms with Gasteiger partial charge in [-0.15, -0.1) is 0 Å². The van der Waals surface area contributed by atoms with Gasteiger partial charge < -0.3 is 9.47 Å². The Balaban J connectivity index is 1.96. The van der Waals surface area contributed by atoms with Gasteiger partial charge in [0.25, 0.3) is 0 Å². The lowest BCUT2D eigenvalue weighted by molar-refractivity contribution is -0.150. The van der Waals surface area contributed by atoms with E-state index in [2.05, 4.69) is 0 Å². The van der Waals surface area contributed by atoms with Crippen molar-refractivity contribution in [2.24, 2.45) is 5.92 Å². The molecule has 1 aliphatic rings. The van der Waals surface area contributed by atoms with E-state index in [1.165, 1.54) is 0 Å². The van der Waals surface area contributed by atoms with Crippen LogP contribution in [-0.2, 0) is 20.9 Å². The average Bonchev–Trinajstić information content (AvgIpc) is 2.84. The Bertz CT molecular complexity index is 529. The van der Waals surface area contributed by atoms with Crippen LogP contribution in [0.1, 0.15) is 45.1 Å². The van der Waals surface area contributed by atoms with Gasteiger partial charge in [0.15, 0.2) is 0 Å². The SMILES string of the molecule is CC(C)COC(=O)[C@@H]1CCCCCN1C(=O)OCc1ccccc1. The maximum absolute atomic E-state index is 12.5. The lowest BCUT2D eigenvalue weighted by atomic mass is 10.1. The number of benzene rings is 1. The first-order valence-corrected chi connectivity index (χ1v) is 8.72. The molecule has 0 aromatic heterocycles. The van der Waals surface area contributed by atoms with Crippen molar-refractivity contribution in [3.8, 4) is 0 Å². The van der Waals surface area contributed by atoms with Crippen LogP contribution in [-0.4, -0.2) is 36.2 Å². The van der Waals surface area contributed by atoms with Crippen LogP contribution in [0.2, 0.25) is 0 Å². The third kappa shape index (κ3) is 5.55. The fourth-order valence-corrected chi connectivity index (χ4v) is 2.72. The summed E-state index contributed by atoms with van der Waals surface area (Å²) in [6.07, 6.45) is 3.01. The number of ether oxygens (including phenoxy) is 2. The molecule has 0 spiro atoms. The highest BCUT2D eigenvalue weighted by atomic mass is 16.6. The van der Waals surface area contributed by atoms with Gasteiger partial charge in [-0.05, 0) is 24.3 Å². The van der Waals surface area contributed by atoms with E-state index in [-0.39, 0.29) is 18.5 Å². The predicted molar refractivity (Wildman–Crippen MR) is 91.4 cm³/mol. The fraction of sp³-hybridized carbons (Fsp3) is 0.579. The maximum Gasteiger partial charge on any atom is 0.410 e. The second-order valence-corrected chi connectivity index (χ2v) is 6.62. The molecule has 1 saturated heterocycles. The highest BCUT2D eigenvalue weighted by Gasteiger charge is 2.33. The van der Waals surface area contributed by atoms with E-state index >= 15 is 0 Å². The van der Waals surface area contributed by atoms with Gasteiger partial charge in [0, 0.05) is 6.54 Å². The highest BCUT2D eigenvalue weighted by molar-refractivity contribution is 5.81. The quantitative estimate of drug-likeness (QED) is 0.770. The molecule has 1 fully saturated rings. The van der Waals surface area contributed by atoms with Gasteiger partial charge in [0.1, 0.15) is 12.6 Å². The first kappa shape index (κ1) is 18.3. The van der Waals surface area contributed by atoms with Gasteiger partial charge >= 0.3 is 12.1 Å². The molecule has 0 radical (unpaired) electrons. The number of amides is 1. The maximum atomic E-state index is 12.5. The van der Waals surface area contributed by atoms with Crippen LogP contribution in [0.5, 0.6) is 0 Å². The number of hydrogen-bond donors (Lipinski definition) is 0. The predicted octanol–water partition coefficient (Wildman–Crippen LogP) is 3.77. The molecule has 0 saturated carbocycles. The second kappa shape index (κ2) is 9.30. The number of nitrogens with zero attached hydrogens (tertiary/aromatic N) is 1. The number of likely N-dealkylation sites (tertiary alicyclic amines) is 1. The molecule has 5 heteroatoms. The molecule has 0 bridgehead atoms. The van der Waals surface area contributed by atoms with E-state index in [4.69, 9.17) is 9.47 Å². The number of carbonyl (C=O) groups excluding carboxylic acids is 2. The van der Waals surface area contributed by atoms with Crippen LogP contribution in [0, 0.1) is 5.92 Å². The summed E-state index contributed by atoms with van der Waals surface area (Å²) in [4.78, 5) is 26.4. The van der Waals surface area contributed by atoms with Crippen molar-refractivity contribution >= 4 is 12.1 Å². The molecule has 1 atom stereocenters. The lowest BCUT2D eigenvalue weighted by Gasteiger charge is -2.27. The molecule has 132 valence electrons. The zero-order valence-corrected chi connectivity index (χ0v) is 14.6. The van der Waals surface area contributed by atoms with E-state index in [9.17, 15) is 9.59 Å². The Morgan fingerprint density at radius 1 is 1.12 bits per heavy atom. The molecule has 1 aromatic carbocycles. The summed E-state index contributed by atoms with van der Waals surface area (Å²) in [7, 11) is 0. The van der Waals surface area contributed by atoms with Crippen LogP contribution >= 0.6 is 0 Å². The Labute approximate surface area is 143 Å². The summed E-state index contributed by atoms with van der Waals surface area (Å²) >= 11 is 0. The molecular weight excluding hydrogens is 306 g/mol. The molecule has 0 N–H and O–H groups in total. The van der Waals surface area contributed by atoms with E-state index < -0.39 is 12.1 Å². The van der Waals surface area contributed by atoms with Gasteiger partial charge in [-0.1, -0.05) is 57.0 Å². The Kier molecular flexibility index (Phi) is 7.09. The smallest absolute Gasteiger partial charge is 0.410 e.